The van der Waals surface area contributed by atoms with Crippen molar-refractivity contribution < 1.29 is 5.11 Å². The Bertz CT molecular complexity index is 371. The minimum atomic E-state index is -0.172. The zero-order valence-electron chi connectivity index (χ0n) is 10.3. The highest BCUT2D eigenvalue weighted by Crippen LogP contribution is 2.31. The zero-order valence-corrected chi connectivity index (χ0v) is 11.8. The fourth-order valence-corrected chi connectivity index (χ4v) is 3.29. The highest BCUT2D eigenvalue weighted by atomic mass is 35.5. The number of aliphatic hydroxyl groups is 1. The third-order valence-corrected chi connectivity index (χ3v) is 4.23. The van der Waals surface area contributed by atoms with Crippen molar-refractivity contribution in [2.45, 2.75) is 44.2 Å². The van der Waals surface area contributed by atoms with Crippen LogP contribution in [-0.2, 0) is 0 Å². The van der Waals surface area contributed by atoms with Crippen LogP contribution in [-0.4, -0.2) is 17.8 Å². The van der Waals surface area contributed by atoms with Gasteiger partial charge in [-0.15, -0.1) is 0 Å². The molecule has 1 unspecified atom stereocenters. The minimum Gasteiger partial charge on any atom is -0.394 e. The molecule has 0 spiro atoms. The molecule has 0 amide bonds. The van der Waals surface area contributed by atoms with Crippen LogP contribution in [0.4, 0.5) is 0 Å². The maximum atomic E-state index is 9.58. The normalized spacial score (nSPS) is 18.8. The molecule has 2 rings (SSSR count). The molecule has 1 aromatic carbocycles. The van der Waals surface area contributed by atoms with Crippen molar-refractivity contribution >= 4 is 23.2 Å². The van der Waals surface area contributed by atoms with Crippen LogP contribution < -0.4 is 5.32 Å². The SMILES string of the molecule is OCC(NC1CCCCC1)c1c(Cl)cccc1Cl. The van der Waals surface area contributed by atoms with Gasteiger partial charge in [0.2, 0.25) is 0 Å². The molecule has 0 aliphatic heterocycles. The lowest BCUT2D eigenvalue weighted by molar-refractivity contribution is 0.220. The maximum Gasteiger partial charge on any atom is 0.0627 e. The molecular formula is C14H19Cl2NO. The van der Waals surface area contributed by atoms with E-state index in [-0.39, 0.29) is 12.6 Å². The third kappa shape index (κ3) is 3.39. The number of hydrogen-bond donors (Lipinski definition) is 2. The second-order valence-corrected chi connectivity index (χ2v) is 5.69. The molecular weight excluding hydrogens is 269 g/mol. The average molecular weight is 288 g/mol. The van der Waals surface area contributed by atoms with Gasteiger partial charge in [-0.25, -0.2) is 0 Å². The van der Waals surface area contributed by atoms with E-state index in [1.54, 1.807) is 0 Å². The van der Waals surface area contributed by atoms with Crippen molar-refractivity contribution in [3.63, 3.8) is 0 Å². The molecule has 1 aliphatic rings. The van der Waals surface area contributed by atoms with Crippen molar-refractivity contribution in [1.29, 1.82) is 0 Å². The summed E-state index contributed by atoms with van der Waals surface area (Å²) >= 11 is 12.4. The van der Waals surface area contributed by atoms with Gasteiger partial charge in [-0.1, -0.05) is 48.5 Å². The second-order valence-electron chi connectivity index (χ2n) is 4.87. The second kappa shape index (κ2) is 6.76. The lowest BCUT2D eigenvalue weighted by Crippen LogP contribution is -2.36. The number of hydrogen-bond acceptors (Lipinski definition) is 2. The van der Waals surface area contributed by atoms with Crippen molar-refractivity contribution in [3.05, 3.63) is 33.8 Å². The van der Waals surface area contributed by atoms with Crippen LogP contribution >= 0.6 is 23.2 Å². The third-order valence-electron chi connectivity index (χ3n) is 3.57. The maximum absolute atomic E-state index is 9.58. The van der Waals surface area contributed by atoms with Gasteiger partial charge in [0, 0.05) is 21.7 Å². The predicted molar refractivity (Wildman–Crippen MR) is 76.3 cm³/mol. The molecule has 0 radical (unpaired) electrons. The summed E-state index contributed by atoms with van der Waals surface area (Å²) in [5.74, 6) is 0. The molecule has 1 saturated carbocycles. The number of aliphatic hydroxyl groups excluding tert-OH is 1. The predicted octanol–water partition coefficient (Wildman–Crippen LogP) is 3.95. The Balaban J connectivity index is 2.12. The smallest absolute Gasteiger partial charge is 0.0627 e. The molecule has 2 N–H and O–H groups in total. The Kier molecular flexibility index (Phi) is 5.31. The van der Waals surface area contributed by atoms with Crippen LogP contribution in [0.15, 0.2) is 18.2 Å². The van der Waals surface area contributed by atoms with E-state index in [9.17, 15) is 5.11 Å². The summed E-state index contributed by atoms with van der Waals surface area (Å²) in [7, 11) is 0. The van der Waals surface area contributed by atoms with Crippen LogP contribution in [0, 0.1) is 0 Å². The Morgan fingerprint density at radius 2 is 1.78 bits per heavy atom. The molecule has 1 fully saturated rings. The molecule has 1 aromatic rings. The first kappa shape index (κ1) is 14.1. The van der Waals surface area contributed by atoms with Crippen LogP contribution in [0.3, 0.4) is 0 Å². The zero-order chi connectivity index (χ0) is 13.0. The van der Waals surface area contributed by atoms with Crippen LogP contribution in [0.25, 0.3) is 0 Å². The quantitative estimate of drug-likeness (QED) is 0.879. The summed E-state index contributed by atoms with van der Waals surface area (Å²) in [6.07, 6.45) is 6.16. The van der Waals surface area contributed by atoms with Crippen molar-refractivity contribution in [1.82, 2.24) is 5.32 Å². The Labute approximate surface area is 118 Å². The molecule has 0 bridgehead atoms. The van der Waals surface area contributed by atoms with E-state index in [2.05, 4.69) is 5.32 Å². The topological polar surface area (TPSA) is 32.3 Å². The van der Waals surface area contributed by atoms with Gasteiger partial charge in [0.1, 0.15) is 0 Å². The summed E-state index contributed by atoms with van der Waals surface area (Å²) in [6.45, 7) is 0.0138. The van der Waals surface area contributed by atoms with E-state index in [4.69, 9.17) is 23.2 Å². The first-order valence-corrected chi connectivity index (χ1v) is 7.28. The minimum absolute atomic E-state index is 0.0138. The van der Waals surface area contributed by atoms with E-state index in [0.29, 0.717) is 16.1 Å². The van der Waals surface area contributed by atoms with Gasteiger partial charge in [0.25, 0.3) is 0 Å². The molecule has 2 nitrogen and oxygen atoms in total. The molecule has 0 heterocycles. The van der Waals surface area contributed by atoms with Gasteiger partial charge >= 0.3 is 0 Å². The van der Waals surface area contributed by atoms with Gasteiger partial charge in [-0.2, -0.15) is 0 Å². The van der Waals surface area contributed by atoms with Gasteiger partial charge in [0.15, 0.2) is 0 Å². The Morgan fingerprint density at radius 1 is 1.17 bits per heavy atom. The fourth-order valence-electron chi connectivity index (χ4n) is 2.62. The van der Waals surface area contributed by atoms with Gasteiger partial charge in [-0.05, 0) is 25.0 Å². The van der Waals surface area contributed by atoms with E-state index < -0.39 is 0 Å². The first-order chi connectivity index (χ1) is 8.72. The highest BCUT2D eigenvalue weighted by Gasteiger charge is 2.22. The number of benzene rings is 1. The summed E-state index contributed by atoms with van der Waals surface area (Å²) in [5, 5.41) is 14.3. The average Bonchev–Trinajstić information content (AvgIpc) is 2.38. The number of rotatable bonds is 4. The van der Waals surface area contributed by atoms with Crippen molar-refractivity contribution in [3.8, 4) is 0 Å². The van der Waals surface area contributed by atoms with Gasteiger partial charge < -0.3 is 10.4 Å². The summed E-state index contributed by atoms with van der Waals surface area (Å²) in [5.41, 5.74) is 0.814. The molecule has 100 valence electrons. The summed E-state index contributed by atoms with van der Waals surface area (Å²) in [4.78, 5) is 0. The van der Waals surface area contributed by atoms with E-state index >= 15 is 0 Å². The monoisotopic (exact) mass is 287 g/mol. The fraction of sp³-hybridized carbons (Fsp3) is 0.571. The standard InChI is InChI=1S/C14H19Cl2NO/c15-11-7-4-8-12(16)14(11)13(9-18)17-10-5-2-1-3-6-10/h4,7-8,10,13,17-18H,1-3,5-6,9H2. The first-order valence-electron chi connectivity index (χ1n) is 6.53. The molecule has 4 heteroatoms. The van der Waals surface area contributed by atoms with Gasteiger partial charge in [-0.3, -0.25) is 0 Å². The highest BCUT2D eigenvalue weighted by molar-refractivity contribution is 6.36. The Hall–Kier alpha value is -0.280. The lowest BCUT2D eigenvalue weighted by atomic mass is 9.94. The van der Waals surface area contributed by atoms with E-state index in [0.717, 1.165) is 5.56 Å². The lowest BCUT2D eigenvalue weighted by Gasteiger charge is -2.28. The summed E-state index contributed by atoms with van der Waals surface area (Å²) in [6, 6.07) is 5.74. The van der Waals surface area contributed by atoms with Crippen LogP contribution in [0.5, 0.6) is 0 Å². The van der Waals surface area contributed by atoms with Gasteiger partial charge in [0.05, 0.1) is 12.6 Å². The Morgan fingerprint density at radius 3 is 2.33 bits per heavy atom. The molecule has 0 saturated heterocycles. The summed E-state index contributed by atoms with van der Waals surface area (Å²) < 4.78 is 0. The van der Waals surface area contributed by atoms with E-state index in [1.807, 2.05) is 18.2 Å². The van der Waals surface area contributed by atoms with E-state index in [1.165, 1.54) is 32.1 Å². The van der Waals surface area contributed by atoms with Crippen molar-refractivity contribution in [2.75, 3.05) is 6.61 Å². The van der Waals surface area contributed by atoms with Crippen LogP contribution in [0.2, 0.25) is 10.0 Å². The molecule has 0 aromatic heterocycles. The molecule has 18 heavy (non-hydrogen) atoms. The number of halogens is 2. The molecule has 1 aliphatic carbocycles. The largest absolute Gasteiger partial charge is 0.394 e. The number of nitrogens with one attached hydrogen (secondary N) is 1. The molecule has 1 atom stereocenters. The van der Waals surface area contributed by atoms with Crippen LogP contribution in [0.1, 0.15) is 43.7 Å². The van der Waals surface area contributed by atoms with Crippen molar-refractivity contribution in [2.24, 2.45) is 0 Å².